The Kier molecular flexibility index (Phi) is 6.11. The quantitative estimate of drug-likeness (QED) is 0.588. The third-order valence-corrected chi connectivity index (χ3v) is 9.67. The topological polar surface area (TPSA) is 84.3 Å². The summed E-state index contributed by atoms with van der Waals surface area (Å²) in [5.74, 6) is 2.24. The molecule has 1 saturated heterocycles. The van der Waals surface area contributed by atoms with E-state index in [0.717, 1.165) is 59.3 Å². The first-order valence-corrected chi connectivity index (χ1v) is 14.1. The van der Waals surface area contributed by atoms with Crippen LogP contribution < -0.4 is 5.32 Å². The summed E-state index contributed by atoms with van der Waals surface area (Å²) < 4.78 is 29.9. The van der Waals surface area contributed by atoms with Gasteiger partial charge < -0.3 is 9.88 Å². The first kappa shape index (κ1) is 21.7. The maximum atomic E-state index is 13.1. The number of anilines is 1. The molecule has 0 bridgehead atoms. The lowest BCUT2D eigenvalue weighted by Gasteiger charge is -2.25. The van der Waals surface area contributed by atoms with E-state index in [1.807, 2.05) is 18.2 Å². The van der Waals surface area contributed by atoms with Gasteiger partial charge in [-0.1, -0.05) is 12.1 Å². The van der Waals surface area contributed by atoms with Gasteiger partial charge >= 0.3 is 0 Å². The number of thiophene rings is 1. The second-order valence-corrected chi connectivity index (χ2v) is 11.9. The number of nitrogens with zero attached hydrogens (tertiary/aromatic N) is 3. The van der Waals surface area contributed by atoms with Crippen LogP contribution in [0.1, 0.15) is 28.3 Å². The van der Waals surface area contributed by atoms with Gasteiger partial charge in [-0.25, -0.2) is 13.4 Å². The van der Waals surface area contributed by atoms with Gasteiger partial charge in [0, 0.05) is 55.0 Å². The van der Waals surface area contributed by atoms with Crippen molar-refractivity contribution in [2.75, 3.05) is 29.9 Å². The summed E-state index contributed by atoms with van der Waals surface area (Å²) in [6, 6.07) is 9.07. The predicted octanol–water partition coefficient (Wildman–Crippen LogP) is 3.94. The lowest BCUT2D eigenvalue weighted by molar-refractivity contribution is 0.102. The van der Waals surface area contributed by atoms with Crippen molar-refractivity contribution in [3.8, 4) is 11.3 Å². The van der Waals surface area contributed by atoms with E-state index in [0.29, 0.717) is 18.8 Å². The molecule has 1 amide bonds. The smallest absolute Gasteiger partial charge is 0.267 e. The highest BCUT2D eigenvalue weighted by Crippen LogP contribution is 2.29. The Balaban J connectivity index is 1.37. The first-order valence-electron chi connectivity index (χ1n) is 10.7. The van der Waals surface area contributed by atoms with Gasteiger partial charge in [0.1, 0.15) is 15.6 Å². The molecule has 0 saturated carbocycles. The molecule has 3 aromatic rings. The Labute approximate surface area is 195 Å². The van der Waals surface area contributed by atoms with Crippen LogP contribution in [0, 0.1) is 0 Å². The average molecular weight is 489 g/mol. The zero-order chi connectivity index (χ0) is 22.1. The lowest BCUT2D eigenvalue weighted by Crippen LogP contribution is -2.38. The van der Waals surface area contributed by atoms with Gasteiger partial charge in [-0.15, -0.1) is 11.3 Å². The van der Waals surface area contributed by atoms with Gasteiger partial charge in [0.2, 0.25) is 10.0 Å². The van der Waals surface area contributed by atoms with Crippen LogP contribution in [0.2, 0.25) is 0 Å². The lowest BCUT2D eigenvalue weighted by atomic mass is 10.1. The summed E-state index contributed by atoms with van der Waals surface area (Å²) in [5.41, 5.74) is 2.43. The molecule has 1 fully saturated rings. The minimum atomic E-state index is -3.68. The van der Waals surface area contributed by atoms with E-state index in [4.69, 9.17) is 4.98 Å². The van der Waals surface area contributed by atoms with Crippen molar-refractivity contribution in [3.63, 3.8) is 0 Å². The average Bonchev–Trinajstić information content (AvgIpc) is 3.48. The van der Waals surface area contributed by atoms with Gasteiger partial charge in [-0.05, 0) is 36.4 Å². The largest absolute Gasteiger partial charge is 0.334 e. The fourth-order valence-corrected chi connectivity index (χ4v) is 7.96. The summed E-state index contributed by atoms with van der Waals surface area (Å²) in [6.45, 7) is 1.94. The standard InChI is InChI=1S/C22H24N4O3S3/c27-22(21-19(7-11-31-21)32(28,29)26-9-12-30-13-10-26)23-17-5-3-4-16(14-17)18-15-25-8-2-1-6-20(25)24-18/h3-5,7,11,14-15H,1-2,6,8-10,12-13H2,(H,23,27). The number of nitrogens with one attached hydrogen (secondary N) is 1. The van der Waals surface area contributed by atoms with Crippen LogP contribution in [0.15, 0.2) is 46.8 Å². The minimum Gasteiger partial charge on any atom is -0.334 e. The number of hydrogen-bond donors (Lipinski definition) is 1. The van der Waals surface area contributed by atoms with Gasteiger partial charge in [0.25, 0.3) is 5.91 Å². The van der Waals surface area contributed by atoms with Crippen molar-refractivity contribution in [1.82, 2.24) is 13.9 Å². The fourth-order valence-electron chi connectivity index (χ4n) is 4.09. The highest BCUT2D eigenvalue weighted by Gasteiger charge is 2.31. The highest BCUT2D eigenvalue weighted by molar-refractivity contribution is 7.99. The highest BCUT2D eigenvalue weighted by atomic mass is 32.2. The SMILES string of the molecule is O=C(Nc1cccc(-c2cn3c(n2)CCCC3)c1)c1sccc1S(=O)(=O)N1CCSCC1. The van der Waals surface area contributed by atoms with Crippen LogP contribution in [0.3, 0.4) is 0 Å². The number of aromatic nitrogens is 2. The molecule has 0 spiro atoms. The van der Waals surface area contributed by atoms with Gasteiger partial charge in [-0.2, -0.15) is 16.1 Å². The summed E-state index contributed by atoms with van der Waals surface area (Å²) in [5, 5.41) is 4.54. The third-order valence-electron chi connectivity index (χ3n) is 5.75. The number of aryl methyl sites for hydroxylation is 2. The number of rotatable bonds is 5. The zero-order valence-electron chi connectivity index (χ0n) is 17.5. The molecule has 2 aliphatic rings. The number of amides is 1. The van der Waals surface area contributed by atoms with Crippen molar-refractivity contribution in [3.05, 3.63) is 52.6 Å². The van der Waals surface area contributed by atoms with Gasteiger partial charge in [-0.3, -0.25) is 4.79 Å². The Bertz CT molecular complexity index is 1220. The third kappa shape index (κ3) is 4.24. The summed E-state index contributed by atoms with van der Waals surface area (Å²) in [6.07, 6.45) is 5.38. The number of carbonyl (C=O) groups excluding carboxylic acids is 1. The maximum Gasteiger partial charge on any atom is 0.267 e. The maximum absolute atomic E-state index is 13.1. The van der Waals surface area contributed by atoms with Crippen molar-refractivity contribution >= 4 is 44.7 Å². The number of imidazole rings is 1. The van der Waals surface area contributed by atoms with Gasteiger partial charge in [0.15, 0.2) is 0 Å². The van der Waals surface area contributed by atoms with Crippen LogP contribution in [0.5, 0.6) is 0 Å². The normalized spacial score (nSPS) is 17.1. The van der Waals surface area contributed by atoms with E-state index in [2.05, 4.69) is 16.1 Å². The molecule has 0 atom stereocenters. The number of fused-ring (bicyclic) bond motifs is 1. The van der Waals surface area contributed by atoms with Crippen molar-refractivity contribution in [1.29, 1.82) is 0 Å². The number of carbonyl (C=O) groups is 1. The van der Waals surface area contributed by atoms with E-state index in [9.17, 15) is 13.2 Å². The molecule has 4 heterocycles. The van der Waals surface area contributed by atoms with Crippen LogP contribution in [-0.2, 0) is 23.0 Å². The van der Waals surface area contributed by atoms with Crippen molar-refractivity contribution < 1.29 is 13.2 Å². The van der Waals surface area contributed by atoms with E-state index < -0.39 is 15.9 Å². The van der Waals surface area contributed by atoms with E-state index >= 15 is 0 Å². The molecule has 2 aromatic heterocycles. The van der Waals surface area contributed by atoms with Gasteiger partial charge in [0.05, 0.1) is 5.69 Å². The van der Waals surface area contributed by atoms with Crippen LogP contribution >= 0.6 is 23.1 Å². The predicted molar refractivity (Wildman–Crippen MR) is 129 cm³/mol. The van der Waals surface area contributed by atoms with E-state index in [1.165, 1.54) is 16.8 Å². The van der Waals surface area contributed by atoms with Crippen LogP contribution in [0.25, 0.3) is 11.3 Å². The Morgan fingerprint density at radius 1 is 1.09 bits per heavy atom. The molecule has 7 nitrogen and oxygen atoms in total. The first-order chi connectivity index (χ1) is 15.5. The number of hydrogen-bond acceptors (Lipinski definition) is 6. The molecular weight excluding hydrogens is 464 g/mol. The summed E-state index contributed by atoms with van der Waals surface area (Å²) >= 11 is 2.89. The minimum absolute atomic E-state index is 0.0878. The molecule has 0 aliphatic carbocycles. The van der Waals surface area contributed by atoms with E-state index in [1.54, 1.807) is 23.2 Å². The molecule has 10 heteroatoms. The molecule has 0 radical (unpaired) electrons. The Morgan fingerprint density at radius 3 is 2.75 bits per heavy atom. The van der Waals surface area contributed by atoms with Crippen molar-refractivity contribution in [2.45, 2.75) is 30.7 Å². The summed E-state index contributed by atoms with van der Waals surface area (Å²) in [4.78, 5) is 18.1. The molecular formula is C22H24N4O3S3. The number of sulfonamides is 1. The zero-order valence-corrected chi connectivity index (χ0v) is 19.9. The Hall–Kier alpha value is -2.14. The Morgan fingerprint density at radius 2 is 1.94 bits per heavy atom. The van der Waals surface area contributed by atoms with Crippen LogP contribution in [0.4, 0.5) is 5.69 Å². The van der Waals surface area contributed by atoms with Crippen LogP contribution in [-0.4, -0.2) is 52.8 Å². The molecule has 5 rings (SSSR count). The second kappa shape index (κ2) is 9.01. The molecule has 32 heavy (non-hydrogen) atoms. The summed E-state index contributed by atoms with van der Waals surface area (Å²) in [7, 11) is -3.68. The molecule has 168 valence electrons. The molecule has 1 aromatic carbocycles. The molecule has 2 aliphatic heterocycles. The monoisotopic (exact) mass is 488 g/mol. The van der Waals surface area contributed by atoms with E-state index in [-0.39, 0.29) is 9.77 Å². The number of benzene rings is 1. The number of thioether (sulfide) groups is 1. The molecule has 1 N–H and O–H groups in total. The second-order valence-electron chi connectivity index (χ2n) is 7.86. The molecule has 0 unspecified atom stereocenters. The van der Waals surface area contributed by atoms with Crippen molar-refractivity contribution in [2.24, 2.45) is 0 Å². The fraction of sp³-hybridized carbons (Fsp3) is 0.364.